The van der Waals surface area contributed by atoms with Gasteiger partial charge in [-0.1, -0.05) is 24.2 Å². The molecule has 0 aromatic carbocycles. The van der Waals surface area contributed by atoms with Gasteiger partial charge in [0.2, 0.25) is 5.91 Å². The topological polar surface area (TPSA) is 85.1 Å². The molecule has 0 spiro atoms. The molecule has 1 aromatic heterocycles. The zero-order valence-corrected chi connectivity index (χ0v) is 10.3. The van der Waals surface area contributed by atoms with E-state index in [2.05, 4.69) is 10.3 Å². The predicted octanol–water partition coefficient (Wildman–Crippen LogP) is 1.76. The van der Waals surface area contributed by atoms with Crippen LogP contribution in [-0.2, 0) is 4.79 Å². The molecule has 2 amide bonds. The zero-order chi connectivity index (χ0) is 12.3. The van der Waals surface area contributed by atoms with Gasteiger partial charge in [0.1, 0.15) is 4.88 Å². The van der Waals surface area contributed by atoms with Crippen LogP contribution in [0.2, 0.25) is 0 Å². The van der Waals surface area contributed by atoms with E-state index in [-0.39, 0.29) is 5.91 Å². The zero-order valence-electron chi connectivity index (χ0n) is 9.44. The summed E-state index contributed by atoms with van der Waals surface area (Å²) in [6, 6.07) is 0. The smallest absolute Gasteiger partial charge is 0.260 e. The Morgan fingerprint density at radius 2 is 2.18 bits per heavy atom. The average molecular weight is 253 g/mol. The third kappa shape index (κ3) is 3.26. The Morgan fingerprint density at radius 1 is 1.47 bits per heavy atom. The molecule has 3 N–H and O–H groups in total. The summed E-state index contributed by atoms with van der Waals surface area (Å²) in [5.41, 5.74) is 5.11. The van der Waals surface area contributed by atoms with E-state index in [1.807, 2.05) is 0 Å². The normalized spacial score (nSPS) is 16.0. The molecule has 92 valence electrons. The molecular weight excluding hydrogens is 238 g/mol. The average Bonchev–Trinajstić information content (AvgIpc) is 2.88. The van der Waals surface area contributed by atoms with Crippen molar-refractivity contribution in [2.24, 2.45) is 11.7 Å². The van der Waals surface area contributed by atoms with Crippen LogP contribution in [0.5, 0.6) is 0 Å². The molecule has 0 bridgehead atoms. The number of thiazole rings is 1. The lowest BCUT2D eigenvalue weighted by molar-refractivity contribution is -0.117. The Bertz CT molecular complexity index is 424. The van der Waals surface area contributed by atoms with Gasteiger partial charge in [0.15, 0.2) is 5.13 Å². The highest BCUT2D eigenvalue weighted by atomic mass is 32.1. The molecule has 0 unspecified atom stereocenters. The van der Waals surface area contributed by atoms with Crippen LogP contribution in [0.1, 0.15) is 41.8 Å². The van der Waals surface area contributed by atoms with E-state index in [1.165, 1.54) is 19.0 Å². The number of carbonyl (C=O) groups excluding carboxylic acids is 2. The van der Waals surface area contributed by atoms with Gasteiger partial charge in [-0.15, -0.1) is 0 Å². The second-order valence-corrected chi connectivity index (χ2v) is 5.33. The number of nitrogens with zero attached hydrogens (tertiary/aromatic N) is 1. The van der Waals surface area contributed by atoms with Crippen molar-refractivity contribution in [3.05, 3.63) is 11.1 Å². The minimum Gasteiger partial charge on any atom is -0.365 e. The number of carbonyl (C=O) groups is 2. The number of anilines is 1. The van der Waals surface area contributed by atoms with Crippen molar-refractivity contribution in [2.45, 2.75) is 32.1 Å². The molecule has 1 aliphatic rings. The lowest BCUT2D eigenvalue weighted by atomic mass is 10.0. The third-order valence-electron chi connectivity index (χ3n) is 2.94. The maximum absolute atomic E-state index is 11.7. The van der Waals surface area contributed by atoms with Crippen LogP contribution in [0.15, 0.2) is 6.20 Å². The van der Waals surface area contributed by atoms with Crippen molar-refractivity contribution >= 4 is 28.3 Å². The lowest BCUT2D eigenvalue weighted by Crippen LogP contribution is -2.14. The molecule has 5 nitrogen and oxygen atoms in total. The molecule has 1 aromatic rings. The molecule has 17 heavy (non-hydrogen) atoms. The number of nitrogens with one attached hydrogen (secondary N) is 1. The first-order chi connectivity index (χ1) is 8.15. The summed E-state index contributed by atoms with van der Waals surface area (Å²) in [6.45, 7) is 0. The van der Waals surface area contributed by atoms with Gasteiger partial charge >= 0.3 is 0 Å². The van der Waals surface area contributed by atoms with Crippen LogP contribution in [-0.4, -0.2) is 16.8 Å². The van der Waals surface area contributed by atoms with Crippen molar-refractivity contribution in [2.75, 3.05) is 5.32 Å². The number of hydrogen-bond donors (Lipinski definition) is 2. The predicted molar refractivity (Wildman–Crippen MR) is 65.8 cm³/mol. The number of nitrogens with two attached hydrogens (primary N) is 1. The highest BCUT2D eigenvalue weighted by Gasteiger charge is 2.19. The van der Waals surface area contributed by atoms with E-state index in [1.54, 1.807) is 0 Å². The van der Waals surface area contributed by atoms with Gasteiger partial charge in [-0.3, -0.25) is 9.59 Å². The van der Waals surface area contributed by atoms with Crippen LogP contribution in [0.25, 0.3) is 0 Å². The Morgan fingerprint density at radius 3 is 2.76 bits per heavy atom. The molecular formula is C11H15N3O2S. The summed E-state index contributed by atoms with van der Waals surface area (Å²) in [4.78, 5) is 26.8. The van der Waals surface area contributed by atoms with Crippen molar-refractivity contribution in [1.29, 1.82) is 0 Å². The highest BCUT2D eigenvalue weighted by Crippen LogP contribution is 2.28. The minimum absolute atomic E-state index is 0.0257. The van der Waals surface area contributed by atoms with Gasteiger partial charge in [0.05, 0.1) is 6.20 Å². The molecule has 1 heterocycles. The first-order valence-electron chi connectivity index (χ1n) is 5.70. The van der Waals surface area contributed by atoms with Crippen LogP contribution in [0.4, 0.5) is 5.13 Å². The maximum atomic E-state index is 11.7. The van der Waals surface area contributed by atoms with Gasteiger partial charge in [0.25, 0.3) is 5.91 Å². The van der Waals surface area contributed by atoms with Crippen molar-refractivity contribution in [3.8, 4) is 0 Å². The van der Waals surface area contributed by atoms with Gasteiger partial charge in [-0.25, -0.2) is 4.98 Å². The van der Waals surface area contributed by atoms with Crippen LogP contribution in [0.3, 0.4) is 0 Å². The van der Waals surface area contributed by atoms with Crippen LogP contribution < -0.4 is 11.1 Å². The summed E-state index contributed by atoms with van der Waals surface area (Å²) in [5, 5.41) is 3.15. The minimum atomic E-state index is -0.515. The molecule has 0 radical (unpaired) electrons. The fourth-order valence-electron chi connectivity index (χ4n) is 2.09. The van der Waals surface area contributed by atoms with E-state index in [4.69, 9.17) is 5.73 Å². The Labute approximate surface area is 103 Å². The van der Waals surface area contributed by atoms with Crippen LogP contribution in [0, 0.1) is 5.92 Å². The molecule has 6 heteroatoms. The second-order valence-electron chi connectivity index (χ2n) is 4.30. The van der Waals surface area contributed by atoms with E-state index in [0.717, 1.165) is 24.2 Å². The number of primary amides is 1. The van der Waals surface area contributed by atoms with Gasteiger partial charge in [-0.2, -0.15) is 0 Å². The van der Waals surface area contributed by atoms with E-state index in [9.17, 15) is 9.59 Å². The van der Waals surface area contributed by atoms with Gasteiger partial charge < -0.3 is 11.1 Å². The summed E-state index contributed by atoms with van der Waals surface area (Å²) < 4.78 is 0. The number of hydrogen-bond acceptors (Lipinski definition) is 4. The number of rotatable bonds is 4. The van der Waals surface area contributed by atoms with E-state index < -0.39 is 5.91 Å². The Kier molecular flexibility index (Phi) is 3.73. The molecule has 1 fully saturated rings. The highest BCUT2D eigenvalue weighted by molar-refractivity contribution is 7.17. The van der Waals surface area contributed by atoms with Crippen molar-refractivity contribution in [3.63, 3.8) is 0 Å². The summed E-state index contributed by atoms with van der Waals surface area (Å²) in [5.74, 6) is -0.0355. The number of aromatic nitrogens is 1. The Hall–Kier alpha value is -1.43. The van der Waals surface area contributed by atoms with Crippen molar-refractivity contribution < 1.29 is 9.59 Å². The molecule has 0 aliphatic heterocycles. The molecule has 0 atom stereocenters. The van der Waals surface area contributed by atoms with Crippen molar-refractivity contribution in [1.82, 2.24) is 4.98 Å². The SMILES string of the molecule is NC(=O)c1cnc(NC(=O)CC2CCCC2)s1. The second kappa shape index (κ2) is 5.27. The quantitative estimate of drug-likeness (QED) is 0.857. The fourth-order valence-corrected chi connectivity index (χ4v) is 2.78. The number of amides is 2. The summed E-state index contributed by atoms with van der Waals surface area (Å²) >= 11 is 1.11. The van der Waals surface area contributed by atoms with Gasteiger partial charge in [-0.05, 0) is 18.8 Å². The standard InChI is InChI=1S/C11H15N3O2S/c12-10(16)8-6-13-11(17-8)14-9(15)5-7-3-1-2-4-7/h6-7H,1-5H2,(H2,12,16)(H,13,14,15). The molecule has 2 rings (SSSR count). The van der Waals surface area contributed by atoms with E-state index >= 15 is 0 Å². The first-order valence-corrected chi connectivity index (χ1v) is 6.52. The van der Waals surface area contributed by atoms with Gasteiger partial charge in [0, 0.05) is 6.42 Å². The summed E-state index contributed by atoms with van der Waals surface area (Å²) in [7, 11) is 0. The molecule has 0 saturated heterocycles. The first kappa shape index (κ1) is 12.0. The lowest BCUT2D eigenvalue weighted by Gasteiger charge is -2.07. The Balaban J connectivity index is 1.86. The van der Waals surface area contributed by atoms with E-state index in [0.29, 0.717) is 22.3 Å². The third-order valence-corrected chi connectivity index (χ3v) is 3.87. The maximum Gasteiger partial charge on any atom is 0.260 e. The largest absolute Gasteiger partial charge is 0.365 e. The molecule has 1 aliphatic carbocycles. The fraction of sp³-hybridized carbons (Fsp3) is 0.545. The monoisotopic (exact) mass is 253 g/mol. The van der Waals surface area contributed by atoms with Crippen LogP contribution >= 0.6 is 11.3 Å². The summed E-state index contributed by atoms with van der Waals surface area (Å²) in [6.07, 6.45) is 6.65. The molecule has 1 saturated carbocycles.